The van der Waals surface area contributed by atoms with Crippen LogP contribution in [0.2, 0.25) is 0 Å². The number of hydrogen-bond donors (Lipinski definition) is 1. The molecule has 5 atom stereocenters. The highest BCUT2D eigenvalue weighted by atomic mass is 127. The first-order chi connectivity index (χ1) is 9.91. The minimum atomic E-state index is -1.30. The number of amides is 1. The number of hydrogen-bond acceptors (Lipinski definition) is 6. The van der Waals surface area contributed by atoms with Crippen LogP contribution in [0.25, 0.3) is 0 Å². The Labute approximate surface area is 135 Å². The van der Waals surface area contributed by atoms with Crippen LogP contribution in [0, 0.1) is 5.92 Å². The first-order valence-electron chi connectivity index (χ1n) is 6.30. The average Bonchev–Trinajstić information content (AvgIpc) is 2.91. The topological polar surface area (TPSA) is 90.9 Å². The molecule has 0 spiro atoms. The van der Waals surface area contributed by atoms with E-state index < -0.39 is 35.6 Å². The summed E-state index contributed by atoms with van der Waals surface area (Å²) >= 11 is 2.08. The maximum atomic E-state index is 12.2. The van der Waals surface area contributed by atoms with Gasteiger partial charge in [0.25, 0.3) is 0 Å². The number of rotatable bonds is 4. The molecule has 1 N–H and O–H groups in total. The van der Waals surface area contributed by atoms with Crippen molar-refractivity contribution in [3.8, 4) is 0 Å². The molecule has 116 valence electrons. The fourth-order valence-electron chi connectivity index (χ4n) is 2.92. The summed E-state index contributed by atoms with van der Waals surface area (Å²) in [5, 5.41) is 2.57. The molecule has 0 aromatic heterocycles. The molecule has 21 heavy (non-hydrogen) atoms. The van der Waals surface area contributed by atoms with E-state index in [1.807, 2.05) is 0 Å². The van der Waals surface area contributed by atoms with E-state index in [1.54, 1.807) is 6.08 Å². The molecular weight excluding hydrogens is 393 g/mol. The molecule has 0 unspecified atom stereocenters. The molecule has 0 saturated carbocycles. The largest absolute Gasteiger partial charge is 0.469 e. The smallest absolute Gasteiger partial charge is 0.331 e. The van der Waals surface area contributed by atoms with Gasteiger partial charge in [0.2, 0.25) is 5.91 Å². The van der Waals surface area contributed by atoms with Crippen LogP contribution < -0.4 is 5.32 Å². The third-order valence-corrected chi connectivity index (χ3v) is 5.32. The van der Waals surface area contributed by atoms with Crippen molar-refractivity contribution in [2.24, 2.45) is 5.92 Å². The monoisotopic (exact) mass is 409 g/mol. The van der Waals surface area contributed by atoms with Gasteiger partial charge in [-0.1, -0.05) is 28.7 Å². The van der Waals surface area contributed by atoms with Crippen LogP contribution in [0.1, 0.15) is 6.42 Å². The van der Waals surface area contributed by atoms with E-state index >= 15 is 0 Å². The predicted octanol–water partition coefficient (Wildman–Crippen LogP) is -0.0357. The lowest BCUT2D eigenvalue weighted by Gasteiger charge is -2.30. The number of fused-ring (bicyclic) bond motifs is 1. The molecule has 0 aliphatic carbocycles. The fourth-order valence-corrected chi connectivity index (χ4v) is 4.30. The third-order valence-electron chi connectivity index (χ3n) is 3.89. The zero-order valence-electron chi connectivity index (χ0n) is 11.6. The predicted molar refractivity (Wildman–Crippen MR) is 79.7 cm³/mol. The van der Waals surface area contributed by atoms with Crippen molar-refractivity contribution in [3.05, 3.63) is 12.7 Å². The van der Waals surface area contributed by atoms with Gasteiger partial charge >= 0.3 is 11.9 Å². The summed E-state index contributed by atoms with van der Waals surface area (Å²) in [5.41, 5.74) is -1.30. The normalized spacial score (nSPS) is 37.6. The van der Waals surface area contributed by atoms with Gasteiger partial charge in [0.1, 0.15) is 5.60 Å². The second-order valence-electron chi connectivity index (χ2n) is 4.91. The van der Waals surface area contributed by atoms with Gasteiger partial charge in [-0.3, -0.25) is 9.59 Å². The van der Waals surface area contributed by atoms with Crippen LogP contribution in [-0.2, 0) is 28.6 Å². The van der Waals surface area contributed by atoms with E-state index in [2.05, 4.69) is 39.2 Å². The first-order valence-corrected chi connectivity index (χ1v) is 7.55. The molecule has 0 radical (unpaired) electrons. The summed E-state index contributed by atoms with van der Waals surface area (Å²) in [6, 6.07) is -1.04. The molecule has 0 aromatic rings. The Hall–Kier alpha value is -1.16. The summed E-state index contributed by atoms with van der Waals surface area (Å²) in [7, 11) is 2.46. The Bertz CT molecular complexity index is 495. The molecule has 1 amide bonds. The van der Waals surface area contributed by atoms with Crippen LogP contribution in [0.5, 0.6) is 0 Å². The van der Waals surface area contributed by atoms with E-state index in [0.717, 1.165) is 0 Å². The number of methoxy groups -OCH3 is 2. The highest BCUT2D eigenvalue weighted by Crippen LogP contribution is 2.49. The van der Waals surface area contributed by atoms with Crippen molar-refractivity contribution >= 4 is 40.4 Å². The molecule has 2 rings (SSSR count). The van der Waals surface area contributed by atoms with Gasteiger partial charge in [0.05, 0.1) is 36.6 Å². The zero-order valence-corrected chi connectivity index (χ0v) is 13.8. The van der Waals surface area contributed by atoms with Crippen LogP contribution >= 0.6 is 22.6 Å². The number of carbonyl (C=O) groups excluding carboxylic acids is 3. The first kappa shape index (κ1) is 16.2. The number of nitrogens with one attached hydrogen (secondary N) is 1. The quantitative estimate of drug-likeness (QED) is 0.304. The Balaban J connectivity index is 2.46. The van der Waals surface area contributed by atoms with E-state index in [0.29, 0.717) is 0 Å². The Morgan fingerprint density at radius 1 is 1.48 bits per heavy atom. The number of halogens is 1. The van der Waals surface area contributed by atoms with Crippen molar-refractivity contribution in [3.63, 3.8) is 0 Å². The van der Waals surface area contributed by atoms with E-state index in [4.69, 9.17) is 9.47 Å². The van der Waals surface area contributed by atoms with Gasteiger partial charge in [-0.05, 0) is 0 Å². The average molecular weight is 409 g/mol. The number of ether oxygens (including phenoxy) is 3. The van der Waals surface area contributed by atoms with Crippen LogP contribution in [0.4, 0.5) is 0 Å². The van der Waals surface area contributed by atoms with Gasteiger partial charge in [-0.2, -0.15) is 0 Å². The van der Waals surface area contributed by atoms with Gasteiger partial charge in [-0.25, -0.2) is 4.79 Å². The van der Waals surface area contributed by atoms with E-state index in [-0.39, 0.29) is 16.3 Å². The van der Waals surface area contributed by atoms with E-state index in [1.165, 1.54) is 14.2 Å². The Kier molecular flexibility index (Phi) is 4.57. The summed E-state index contributed by atoms with van der Waals surface area (Å²) < 4.78 is 15.1. The van der Waals surface area contributed by atoms with Gasteiger partial charge in [-0.15, -0.1) is 6.58 Å². The second-order valence-corrected chi connectivity index (χ2v) is 6.35. The second kappa shape index (κ2) is 5.91. The third kappa shape index (κ3) is 2.44. The van der Waals surface area contributed by atoms with Crippen LogP contribution in [0.3, 0.4) is 0 Å². The Morgan fingerprint density at radius 3 is 2.67 bits per heavy atom. The highest BCUT2D eigenvalue weighted by Gasteiger charge is 2.68. The highest BCUT2D eigenvalue weighted by molar-refractivity contribution is 14.1. The van der Waals surface area contributed by atoms with Crippen molar-refractivity contribution in [2.75, 3.05) is 14.2 Å². The molecular formula is C13H16INO6. The molecule has 2 fully saturated rings. The molecule has 2 aliphatic heterocycles. The molecule has 0 aromatic carbocycles. The summed E-state index contributed by atoms with van der Waals surface area (Å²) in [5.74, 6) is -2.19. The van der Waals surface area contributed by atoms with Gasteiger partial charge in [0.15, 0.2) is 6.04 Å². The van der Waals surface area contributed by atoms with Crippen molar-refractivity contribution < 1.29 is 28.6 Å². The van der Waals surface area contributed by atoms with Gasteiger partial charge < -0.3 is 19.5 Å². The maximum absolute atomic E-state index is 12.2. The standard InChI is InChI=1S/C13H16INO6/c1-4-6-9(14)8-11(17)15-10(12(18)20-3)13(8,21-6)5-7(16)19-2/h4,6,8-10H,1,5H2,2-3H3,(H,15,17)/t6-,8+,9+,10-,13+/m0/s1. The van der Waals surface area contributed by atoms with Crippen molar-refractivity contribution in [2.45, 2.75) is 28.1 Å². The molecule has 2 aliphatic rings. The number of carbonyl (C=O) groups is 3. The van der Waals surface area contributed by atoms with Crippen LogP contribution in [0.15, 0.2) is 12.7 Å². The van der Waals surface area contributed by atoms with Crippen molar-refractivity contribution in [1.29, 1.82) is 0 Å². The molecule has 2 heterocycles. The number of alkyl halides is 1. The minimum Gasteiger partial charge on any atom is -0.469 e. The summed E-state index contributed by atoms with van der Waals surface area (Å²) in [6.45, 7) is 3.67. The lowest BCUT2D eigenvalue weighted by Crippen LogP contribution is -2.52. The molecule has 8 heteroatoms. The summed E-state index contributed by atoms with van der Waals surface area (Å²) in [6.07, 6.45) is 0.922. The minimum absolute atomic E-state index is 0.212. The van der Waals surface area contributed by atoms with Crippen LogP contribution in [-0.4, -0.2) is 53.7 Å². The molecule has 2 saturated heterocycles. The van der Waals surface area contributed by atoms with E-state index in [9.17, 15) is 14.4 Å². The lowest BCUT2D eigenvalue weighted by molar-refractivity contribution is -0.158. The Morgan fingerprint density at radius 2 is 2.14 bits per heavy atom. The fraction of sp³-hybridized carbons (Fsp3) is 0.615. The zero-order chi connectivity index (χ0) is 15.8. The van der Waals surface area contributed by atoms with Gasteiger partial charge in [0, 0.05) is 0 Å². The summed E-state index contributed by atoms with van der Waals surface area (Å²) in [4.78, 5) is 36.0. The lowest BCUT2D eigenvalue weighted by atomic mass is 9.82. The molecule has 0 bridgehead atoms. The molecule has 7 nitrogen and oxygen atoms in total. The SMILES string of the molecule is C=C[C@@H]1O[C@@]2(CC(=O)OC)[C@H](C(=O)OC)NC(=O)[C@H]2[C@@H]1I. The maximum Gasteiger partial charge on any atom is 0.331 e. The number of esters is 2. The van der Waals surface area contributed by atoms with Crippen molar-refractivity contribution in [1.82, 2.24) is 5.32 Å².